The summed E-state index contributed by atoms with van der Waals surface area (Å²) in [6.07, 6.45) is 0.955. The minimum atomic E-state index is 0.563. The summed E-state index contributed by atoms with van der Waals surface area (Å²) in [6, 6.07) is 14.0. The van der Waals surface area contributed by atoms with Gasteiger partial charge in [0.1, 0.15) is 30.7 Å². The van der Waals surface area contributed by atoms with E-state index in [1.54, 1.807) is 0 Å². The number of benzene rings is 2. The highest BCUT2D eigenvalue weighted by atomic mass is 16.6. The van der Waals surface area contributed by atoms with Gasteiger partial charge in [-0.2, -0.15) is 0 Å². The Morgan fingerprint density at radius 2 is 1.64 bits per heavy atom. The molecule has 1 aromatic heterocycles. The lowest BCUT2D eigenvalue weighted by Gasteiger charge is -2.19. The van der Waals surface area contributed by atoms with E-state index in [9.17, 15) is 0 Å². The van der Waals surface area contributed by atoms with E-state index >= 15 is 0 Å². The molecule has 2 aromatic carbocycles. The van der Waals surface area contributed by atoms with Crippen molar-refractivity contribution < 1.29 is 9.47 Å². The zero-order valence-corrected chi connectivity index (χ0v) is 16.4. The molecule has 3 aromatic rings. The standard InChI is InChI=1S/C22H24N4O2/c1-4-16-7-5-6-14(2)22(16)26-21-13-20(23-15(3)24-21)25-17-8-9-18-19(12-17)28-11-10-27-18/h5-9,12-13H,4,10-11H2,1-3H3,(H2,23,24,25,26). The molecule has 0 fully saturated rings. The summed E-state index contributed by atoms with van der Waals surface area (Å²) in [5.41, 5.74) is 4.45. The van der Waals surface area contributed by atoms with E-state index in [-0.39, 0.29) is 0 Å². The zero-order chi connectivity index (χ0) is 19.5. The third-order valence-corrected chi connectivity index (χ3v) is 4.65. The molecule has 0 spiro atoms. The van der Waals surface area contributed by atoms with Crippen molar-refractivity contribution in [3.05, 3.63) is 59.4 Å². The van der Waals surface area contributed by atoms with E-state index < -0.39 is 0 Å². The number of aryl methyl sites for hydroxylation is 3. The van der Waals surface area contributed by atoms with Crippen molar-refractivity contribution in [2.24, 2.45) is 0 Å². The third kappa shape index (κ3) is 3.86. The smallest absolute Gasteiger partial charge is 0.163 e. The number of rotatable bonds is 5. The van der Waals surface area contributed by atoms with E-state index in [4.69, 9.17) is 9.47 Å². The number of nitrogens with zero attached hydrogens (tertiary/aromatic N) is 2. The lowest BCUT2D eigenvalue weighted by molar-refractivity contribution is 0.171. The fourth-order valence-corrected chi connectivity index (χ4v) is 3.29. The van der Waals surface area contributed by atoms with Crippen LogP contribution < -0.4 is 20.1 Å². The number of fused-ring (bicyclic) bond motifs is 1. The van der Waals surface area contributed by atoms with Crippen LogP contribution in [0, 0.1) is 13.8 Å². The molecule has 1 aliphatic heterocycles. The molecule has 0 saturated heterocycles. The second kappa shape index (κ2) is 7.76. The van der Waals surface area contributed by atoms with Crippen molar-refractivity contribution in [3.8, 4) is 11.5 Å². The van der Waals surface area contributed by atoms with Gasteiger partial charge in [0.05, 0.1) is 0 Å². The first-order chi connectivity index (χ1) is 13.6. The maximum Gasteiger partial charge on any atom is 0.163 e. The van der Waals surface area contributed by atoms with E-state index in [1.165, 1.54) is 11.1 Å². The quantitative estimate of drug-likeness (QED) is 0.659. The predicted octanol–water partition coefficient (Wildman–Crippen LogP) is 4.91. The molecule has 0 atom stereocenters. The van der Waals surface area contributed by atoms with Crippen LogP contribution in [0.5, 0.6) is 11.5 Å². The van der Waals surface area contributed by atoms with Gasteiger partial charge < -0.3 is 20.1 Å². The Hall–Kier alpha value is -3.28. The summed E-state index contributed by atoms with van der Waals surface area (Å²) < 4.78 is 11.2. The summed E-state index contributed by atoms with van der Waals surface area (Å²) in [5.74, 6) is 3.68. The number of anilines is 4. The predicted molar refractivity (Wildman–Crippen MR) is 111 cm³/mol. The molecule has 144 valence electrons. The zero-order valence-electron chi connectivity index (χ0n) is 16.4. The van der Waals surface area contributed by atoms with Gasteiger partial charge in [0.15, 0.2) is 11.5 Å². The highest BCUT2D eigenvalue weighted by Crippen LogP contribution is 2.34. The van der Waals surface area contributed by atoms with Crippen LogP contribution in [0.25, 0.3) is 0 Å². The van der Waals surface area contributed by atoms with Crippen molar-refractivity contribution in [1.29, 1.82) is 0 Å². The van der Waals surface area contributed by atoms with Crippen molar-refractivity contribution in [2.45, 2.75) is 27.2 Å². The molecule has 28 heavy (non-hydrogen) atoms. The van der Waals surface area contributed by atoms with Gasteiger partial charge in [-0.15, -0.1) is 0 Å². The molecule has 0 radical (unpaired) electrons. The Balaban J connectivity index is 1.60. The van der Waals surface area contributed by atoms with Gasteiger partial charge in [-0.3, -0.25) is 0 Å². The molecular weight excluding hydrogens is 352 g/mol. The molecule has 6 nitrogen and oxygen atoms in total. The first-order valence-electron chi connectivity index (χ1n) is 9.50. The summed E-state index contributed by atoms with van der Waals surface area (Å²) in [5, 5.41) is 6.81. The van der Waals surface area contributed by atoms with E-state index in [1.807, 2.05) is 31.2 Å². The fraction of sp³-hybridized carbons (Fsp3) is 0.273. The second-order valence-electron chi connectivity index (χ2n) is 6.76. The summed E-state index contributed by atoms with van der Waals surface area (Å²) >= 11 is 0. The van der Waals surface area contributed by atoms with Gasteiger partial charge in [-0.25, -0.2) is 9.97 Å². The van der Waals surface area contributed by atoms with Gasteiger partial charge in [0.2, 0.25) is 0 Å². The average molecular weight is 376 g/mol. The van der Waals surface area contributed by atoms with Crippen LogP contribution in [0.2, 0.25) is 0 Å². The highest BCUT2D eigenvalue weighted by Gasteiger charge is 2.13. The molecule has 0 bridgehead atoms. The maximum atomic E-state index is 5.66. The van der Waals surface area contributed by atoms with Crippen LogP contribution in [0.4, 0.5) is 23.0 Å². The van der Waals surface area contributed by atoms with Crippen LogP contribution in [-0.4, -0.2) is 23.2 Å². The lowest BCUT2D eigenvalue weighted by atomic mass is 10.1. The molecule has 2 N–H and O–H groups in total. The van der Waals surface area contributed by atoms with Crippen molar-refractivity contribution >= 4 is 23.0 Å². The van der Waals surface area contributed by atoms with Crippen molar-refractivity contribution in [2.75, 3.05) is 23.8 Å². The van der Waals surface area contributed by atoms with Crippen molar-refractivity contribution in [1.82, 2.24) is 9.97 Å². The molecule has 6 heteroatoms. The largest absolute Gasteiger partial charge is 0.486 e. The highest BCUT2D eigenvalue weighted by molar-refractivity contribution is 5.68. The Kier molecular flexibility index (Phi) is 5.02. The Bertz CT molecular complexity index is 1000. The molecule has 0 saturated carbocycles. The van der Waals surface area contributed by atoms with Crippen LogP contribution in [0.15, 0.2) is 42.5 Å². The topological polar surface area (TPSA) is 68.3 Å². The molecule has 0 unspecified atom stereocenters. The van der Waals surface area contributed by atoms with Crippen LogP contribution in [-0.2, 0) is 6.42 Å². The second-order valence-corrected chi connectivity index (χ2v) is 6.76. The lowest BCUT2D eigenvalue weighted by Crippen LogP contribution is -2.15. The summed E-state index contributed by atoms with van der Waals surface area (Å²) in [4.78, 5) is 9.06. The number of hydrogen-bond donors (Lipinski definition) is 2. The average Bonchev–Trinajstić information content (AvgIpc) is 2.69. The van der Waals surface area contributed by atoms with Gasteiger partial charge in [0, 0.05) is 23.5 Å². The molecule has 0 aliphatic carbocycles. The molecule has 2 heterocycles. The minimum Gasteiger partial charge on any atom is -0.486 e. The summed E-state index contributed by atoms with van der Waals surface area (Å²) in [6.45, 7) is 7.29. The molecule has 1 aliphatic rings. The van der Waals surface area contributed by atoms with E-state index in [0.717, 1.165) is 40.9 Å². The van der Waals surface area contributed by atoms with Crippen LogP contribution in [0.3, 0.4) is 0 Å². The third-order valence-electron chi connectivity index (χ3n) is 4.65. The van der Waals surface area contributed by atoms with Gasteiger partial charge in [0.25, 0.3) is 0 Å². The van der Waals surface area contributed by atoms with E-state index in [0.29, 0.717) is 19.0 Å². The van der Waals surface area contributed by atoms with Crippen LogP contribution in [0.1, 0.15) is 23.9 Å². The maximum absolute atomic E-state index is 5.66. The normalized spacial score (nSPS) is 12.5. The minimum absolute atomic E-state index is 0.563. The number of aromatic nitrogens is 2. The first-order valence-corrected chi connectivity index (χ1v) is 9.50. The van der Waals surface area contributed by atoms with Gasteiger partial charge in [-0.05, 0) is 43.5 Å². The first kappa shape index (κ1) is 18.1. The number of ether oxygens (including phenoxy) is 2. The van der Waals surface area contributed by atoms with Crippen molar-refractivity contribution in [3.63, 3.8) is 0 Å². The number of nitrogens with one attached hydrogen (secondary N) is 2. The fourth-order valence-electron chi connectivity index (χ4n) is 3.29. The van der Waals surface area contributed by atoms with Gasteiger partial charge >= 0.3 is 0 Å². The Labute approximate surface area is 164 Å². The molecule has 0 amide bonds. The van der Waals surface area contributed by atoms with Gasteiger partial charge in [-0.1, -0.05) is 25.1 Å². The SMILES string of the molecule is CCc1cccc(C)c1Nc1cc(Nc2ccc3c(c2)OCCO3)nc(C)n1. The van der Waals surface area contributed by atoms with Crippen LogP contribution >= 0.6 is 0 Å². The monoisotopic (exact) mass is 376 g/mol. The summed E-state index contributed by atoms with van der Waals surface area (Å²) in [7, 11) is 0. The Morgan fingerprint density at radius 3 is 2.43 bits per heavy atom. The number of hydrogen-bond acceptors (Lipinski definition) is 6. The Morgan fingerprint density at radius 1 is 0.893 bits per heavy atom. The molecule has 4 rings (SSSR count). The van der Waals surface area contributed by atoms with E-state index in [2.05, 4.69) is 52.6 Å². The molecular formula is C22H24N4O2. The number of para-hydroxylation sites is 1.